The zero-order chi connectivity index (χ0) is 17.5. The number of methoxy groups -OCH3 is 1. The van der Waals surface area contributed by atoms with E-state index in [9.17, 15) is 13.2 Å². The van der Waals surface area contributed by atoms with Gasteiger partial charge in [-0.2, -0.15) is 0 Å². The maximum atomic E-state index is 13.3. The molecule has 0 radical (unpaired) electrons. The fraction of sp³-hybridized carbons (Fsp3) is 0.214. The Balaban J connectivity index is 2.26. The van der Waals surface area contributed by atoms with Crippen molar-refractivity contribution in [2.45, 2.75) is 16.7 Å². The number of nitrogens with zero attached hydrogens (tertiary/aromatic N) is 2. The first-order valence-electron chi connectivity index (χ1n) is 6.61. The summed E-state index contributed by atoms with van der Waals surface area (Å²) < 4.78 is 36.4. The molecule has 0 amide bonds. The summed E-state index contributed by atoms with van der Waals surface area (Å²) in [7, 11) is -3.02. The monoisotopic (exact) mass is 386 g/mol. The van der Waals surface area contributed by atoms with Gasteiger partial charge in [0.15, 0.2) is 0 Å². The van der Waals surface area contributed by atoms with Crippen LogP contribution in [-0.2, 0) is 19.4 Å². The van der Waals surface area contributed by atoms with Gasteiger partial charge in [0.25, 0.3) is 0 Å². The molecular weight excluding hydrogens is 376 g/mol. The van der Waals surface area contributed by atoms with Gasteiger partial charge in [0.05, 0.1) is 17.7 Å². The standard InChI is InChI=1S/C14H11ClN2O5S2/c1-8-10(15)12(22-17-8)14(5-3-6-16-14)24(19,20)9-4-7-23-11(9)13(18)21-2/h3-7H,1-2H3. The minimum Gasteiger partial charge on any atom is -0.465 e. The summed E-state index contributed by atoms with van der Waals surface area (Å²) in [6.45, 7) is 1.59. The molecule has 3 rings (SSSR count). The van der Waals surface area contributed by atoms with Crippen LogP contribution in [0.5, 0.6) is 0 Å². The van der Waals surface area contributed by atoms with Gasteiger partial charge < -0.3 is 9.26 Å². The van der Waals surface area contributed by atoms with E-state index < -0.39 is 20.7 Å². The van der Waals surface area contributed by atoms with Crippen molar-refractivity contribution >= 4 is 45.0 Å². The third kappa shape index (κ3) is 2.23. The second-order valence-electron chi connectivity index (χ2n) is 4.85. The number of aliphatic imine (C=N–C) groups is 1. The number of esters is 1. The Morgan fingerprint density at radius 3 is 2.75 bits per heavy atom. The van der Waals surface area contributed by atoms with Crippen LogP contribution in [0.1, 0.15) is 21.1 Å². The van der Waals surface area contributed by atoms with E-state index >= 15 is 0 Å². The smallest absolute Gasteiger partial charge is 0.349 e. The van der Waals surface area contributed by atoms with E-state index in [4.69, 9.17) is 16.1 Å². The summed E-state index contributed by atoms with van der Waals surface area (Å²) in [5.74, 6) is -0.863. The highest BCUT2D eigenvalue weighted by molar-refractivity contribution is 7.92. The summed E-state index contributed by atoms with van der Waals surface area (Å²) >= 11 is 7.12. The summed E-state index contributed by atoms with van der Waals surface area (Å²) in [4.78, 5) is 13.8. The quantitative estimate of drug-likeness (QED) is 0.749. The Morgan fingerprint density at radius 2 is 2.21 bits per heavy atom. The number of aryl methyl sites for hydroxylation is 1. The van der Waals surface area contributed by atoms with Crippen molar-refractivity contribution in [3.05, 3.63) is 45.0 Å². The molecule has 24 heavy (non-hydrogen) atoms. The zero-order valence-corrected chi connectivity index (χ0v) is 14.9. The topological polar surface area (TPSA) is 98.8 Å². The van der Waals surface area contributed by atoms with Gasteiger partial charge >= 0.3 is 5.97 Å². The highest BCUT2D eigenvalue weighted by Crippen LogP contribution is 2.45. The average molecular weight is 387 g/mol. The lowest BCUT2D eigenvalue weighted by atomic mass is 10.2. The summed E-state index contributed by atoms with van der Waals surface area (Å²) in [5, 5.41) is 5.26. The Labute approximate surface area is 146 Å². The van der Waals surface area contributed by atoms with Crippen molar-refractivity contribution in [3.63, 3.8) is 0 Å². The largest absolute Gasteiger partial charge is 0.465 e. The SMILES string of the molecule is COC(=O)c1sccc1S(=O)(=O)C1(c2onc(C)c2Cl)C=CC=N1. The molecule has 2 aromatic rings. The first kappa shape index (κ1) is 16.9. The minimum absolute atomic E-state index is 0.0419. The zero-order valence-electron chi connectivity index (χ0n) is 12.5. The van der Waals surface area contributed by atoms with Crippen LogP contribution >= 0.6 is 22.9 Å². The third-order valence-electron chi connectivity index (χ3n) is 3.49. The lowest BCUT2D eigenvalue weighted by molar-refractivity contribution is 0.0602. The molecule has 0 aliphatic carbocycles. The molecule has 1 atom stereocenters. The van der Waals surface area contributed by atoms with Crippen molar-refractivity contribution in [2.24, 2.45) is 4.99 Å². The molecule has 0 fully saturated rings. The third-order valence-corrected chi connectivity index (χ3v) is 7.12. The summed E-state index contributed by atoms with van der Waals surface area (Å²) in [6.07, 6.45) is 4.14. The van der Waals surface area contributed by atoms with Gasteiger partial charge in [-0.1, -0.05) is 16.8 Å². The number of hydrogen-bond donors (Lipinski definition) is 0. The van der Waals surface area contributed by atoms with Crippen molar-refractivity contribution in [1.29, 1.82) is 0 Å². The first-order chi connectivity index (χ1) is 11.3. The van der Waals surface area contributed by atoms with Gasteiger partial charge in [-0.3, -0.25) is 4.99 Å². The number of carbonyl (C=O) groups excluding carboxylic acids is 1. The molecule has 1 aliphatic heterocycles. The second kappa shape index (κ2) is 5.83. The van der Waals surface area contributed by atoms with E-state index in [1.807, 2.05) is 0 Å². The van der Waals surface area contributed by atoms with Crippen LogP contribution in [0.15, 0.2) is 38.0 Å². The Bertz CT molecular complexity index is 959. The normalized spacial score (nSPS) is 19.8. The van der Waals surface area contributed by atoms with Crippen molar-refractivity contribution in [1.82, 2.24) is 5.16 Å². The highest BCUT2D eigenvalue weighted by atomic mass is 35.5. The molecule has 0 N–H and O–H groups in total. The van der Waals surface area contributed by atoms with Gasteiger partial charge in [0.1, 0.15) is 9.90 Å². The predicted octanol–water partition coefficient (Wildman–Crippen LogP) is 2.75. The number of carbonyl (C=O) groups is 1. The molecule has 1 aliphatic rings. The molecule has 0 spiro atoms. The van der Waals surface area contributed by atoms with Crippen LogP contribution < -0.4 is 0 Å². The van der Waals surface area contributed by atoms with Gasteiger partial charge in [0, 0.05) is 6.21 Å². The first-order valence-corrected chi connectivity index (χ1v) is 9.35. The molecule has 3 heterocycles. The second-order valence-corrected chi connectivity index (χ2v) is 8.22. The summed E-state index contributed by atoms with van der Waals surface area (Å²) in [6, 6.07) is 1.33. The van der Waals surface area contributed by atoms with Gasteiger partial charge in [-0.15, -0.1) is 11.3 Å². The molecule has 0 bridgehead atoms. The van der Waals surface area contributed by atoms with E-state index in [1.54, 1.807) is 6.92 Å². The molecule has 2 aromatic heterocycles. The molecular formula is C14H11ClN2O5S2. The number of thiophene rings is 1. The molecule has 10 heteroatoms. The van der Waals surface area contributed by atoms with Gasteiger partial charge in [0.2, 0.25) is 20.5 Å². The Morgan fingerprint density at radius 1 is 1.46 bits per heavy atom. The van der Waals surface area contributed by atoms with Crippen LogP contribution in [0, 0.1) is 6.92 Å². The number of hydrogen-bond acceptors (Lipinski definition) is 8. The van der Waals surface area contributed by atoms with E-state index in [1.165, 1.54) is 36.9 Å². The van der Waals surface area contributed by atoms with E-state index in [2.05, 4.69) is 14.9 Å². The predicted molar refractivity (Wildman–Crippen MR) is 88.4 cm³/mol. The van der Waals surface area contributed by atoms with Crippen molar-refractivity contribution in [3.8, 4) is 0 Å². The highest BCUT2D eigenvalue weighted by Gasteiger charge is 2.52. The van der Waals surface area contributed by atoms with E-state index in [-0.39, 0.29) is 20.6 Å². The fourth-order valence-electron chi connectivity index (χ4n) is 2.29. The lowest BCUT2D eigenvalue weighted by Crippen LogP contribution is -2.31. The number of allylic oxidation sites excluding steroid dienone is 1. The van der Waals surface area contributed by atoms with Gasteiger partial charge in [-0.25, -0.2) is 13.2 Å². The fourth-order valence-corrected chi connectivity index (χ4v) is 5.57. The van der Waals surface area contributed by atoms with Crippen LogP contribution in [0.2, 0.25) is 5.02 Å². The van der Waals surface area contributed by atoms with Crippen molar-refractivity contribution in [2.75, 3.05) is 7.11 Å². The maximum Gasteiger partial charge on any atom is 0.349 e. The van der Waals surface area contributed by atoms with E-state index in [0.717, 1.165) is 11.3 Å². The number of ether oxygens (including phenoxy) is 1. The number of rotatable bonds is 4. The van der Waals surface area contributed by atoms with Crippen LogP contribution in [0.25, 0.3) is 0 Å². The average Bonchev–Trinajstić information content (AvgIpc) is 3.28. The molecule has 0 aromatic carbocycles. The number of sulfone groups is 1. The van der Waals surface area contributed by atoms with Crippen molar-refractivity contribution < 1.29 is 22.5 Å². The molecule has 0 saturated carbocycles. The summed E-state index contributed by atoms with van der Waals surface area (Å²) in [5.41, 5.74) is 0.343. The maximum absolute atomic E-state index is 13.3. The molecule has 126 valence electrons. The number of halogens is 1. The van der Waals surface area contributed by atoms with Crippen LogP contribution in [0.3, 0.4) is 0 Å². The van der Waals surface area contributed by atoms with Crippen LogP contribution in [-0.4, -0.2) is 32.9 Å². The Hall–Kier alpha value is -1.97. The molecule has 1 unspecified atom stereocenters. The molecule has 7 nitrogen and oxygen atoms in total. The van der Waals surface area contributed by atoms with Crippen LogP contribution in [0.4, 0.5) is 0 Å². The lowest BCUT2D eigenvalue weighted by Gasteiger charge is -2.21. The minimum atomic E-state index is -4.20. The number of aromatic nitrogens is 1. The molecule has 0 saturated heterocycles. The Kier molecular flexibility index (Phi) is 4.10. The van der Waals surface area contributed by atoms with Gasteiger partial charge in [-0.05, 0) is 30.5 Å². The van der Waals surface area contributed by atoms with E-state index in [0.29, 0.717) is 5.69 Å².